The minimum atomic E-state index is -0.662. The van der Waals surface area contributed by atoms with Crippen molar-refractivity contribution >= 4 is 5.91 Å². The fourth-order valence-corrected chi connectivity index (χ4v) is 1.75. The molecular weight excluding hydrogens is 247 g/mol. The van der Waals surface area contributed by atoms with Gasteiger partial charge in [-0.05, 0) is 44.9 Å². The van der Waals surface area contributed by atoms with Crippen LogP contribution in [0.2, 0.25) is 0 Å². The SMILES string of the molecule is CCNC(=O)C(C)Oc1cc(F)cc(CC(C)N)c1. The predicted molar refractivity (Wildman–Crippen MR) is 72.5 cm³/mol. The average Bonchev–Trinajstić information content (AvgIpc) is 2.27. The molecule has 3 N–H and O–H groups in total. The number of likely N-dealkylation sites (N-methyl/N-ethyl adjacent to an activating group) is 1. The second-order valence-corrected chi connectivity index (χ2v) is 4.63. The van der Waals surface area contributed by atoms with Crippen LogP contribution in [-0.2, 0) is 11.2 Å². The number of carbonyl (C=O) groups is 1. The van der Waals surface area contributed by atoms with E-state index in [2.05, 4.69) is 5.32 Å². The third-order valence-electron chi connectivity index (χ3n) is 2.52. The van der Waals surface area contributed by atoms with Gasteiger partial charge in [-0.1, -0.05) is 0 Å². The van der Waals surface area contributed by atoms with Crippen molar-refractivity contribution in [2.45, 2.75) is 39.3 Å². The van der Waals surface area contributed by atoms with E-state index in [9.17, 15) is 9.18 Å². The maximum Gasteiger partial charge on any atom is 0.260 e. The summed E-state index contributed by atoms with van der Waals surface area (Å²) in [4.78, 5) is 11.5. The van der Waals surface area contributed by atoms with Crippen LogP contribution < -0.4 is 15.8 Å². The van der Waals surface area contributed by atoms with Gasteiger partial charge in [0.25, 0.3) is 5.91 Å². The summed E-state index contributed by atoms with van der Waals surface area (Å²) in [5, 5.41) is 2.65. The van der Waals surface area contributed by atoms with Crippen LogP contribution in [0.15, 0.2) is 18.2 Å². The van der Waals surface area contributed by atoms with Gasteiger partial charge in [0, 0.05) is 18.7 Å². The Balaban J connectivity index is 2.77. The first-order valence-electron chi connectivity index (χ1n) is 6.41. The van der Waals surface area contributed by atoms with Gasteiger partial charge in [0.05, 0.1) is 0 Å². The zero-order valence-electron chi connectivity index (χ0n) is 11.6. The van der Waals surface area contributed by atoms with Crippen LogP contribution in [0.5, 0.6) is 5.75 Å². The molecule has 1 rings (SSSR count). The Morgan fingerprint density at radius 2 is 2.11 bits per heavy atom. The minimum Gasteiger partial charge on any atom is -0.481 e. The van der Waals surface area contributed by atoms with Gasteiger partial charge in [-0.15, -0.1) is 0 Å². The molecule has 0 spiro atoms. The quantitative estimate of drug-likeness (QED) is 0.824. The van der Waals surface area contributed by atoms with E-state index in [0.717, 1.165) is 5.56 Å². The van der Waals surface area contributed by atoms with Gasteiger partial charge in [0.2, 0.25) is 0 Å². The van der Waals surface area contributed by atoms with Crippen LogP contribution >= 0.6 is 0 Å². The molecule has 0 heterocycles. The van der Waals surface area contributed by atoms with Gasteiger partial charge in [-0.3, -0.25) is 4.79 Å². The van der Waals surface area contributed by atoms with E-state index in [1.807, 2.05) is 13.8 Å². The molecule has 2 atom stereocenters. The number of hydrogen-bond donors (Lipinski definition) is 2. The molecule has 0 bridgehead atoms. The van der Waals surface area contributed by atoms with Crippen molar-refractivity contribution < 1.29 is 13.9 Å². The van der Waals surface area contributed by atoms with E-state index in [4.69, 9.17) is 10.5 Å². The second kappa shape index (κ2) is 7.09. The molecule has 0 aliphatic carbocycles. The molecule has 0 radical (unpaired) electrons. The van der Waals surface area contributed by atoms with Crippen molar-refractivity contribution in [3.05, 3.63) is 29.6 Å². The number of nitrogens with one attached hydrogen (secondary N) is 1. The van der Waals surface area contributed by atoms with Gasteiger partial charge in [0.15, 0.2) is 6.10 Å². The third-order valence-corrected chi connectivity index (χ3v) is 2.52. The monoisotopic (exact) mass is 268 g/mol. The summed E-state index contributed by atoms with van der Waals surface area (Å²) < 4.78 is 18.9. The van der Waals surface area contributed by atoms with Crippen molar-refractivity contribution in [1.29, 1.82) is 0 Å². The second-order valence-electron chi connectivity index (χ2n) is 4.63. The van der Waals surface area contributed by atoms with E-state index in [1.54, 1.807) is 13.0 Å². The highest BCUT2D eigenvalue weighted by Gasteiger charge is 2.14. The highest BCUT2D eigenvalue weighted by molar-refractivity contribution is 5.80. The summed E-state index contributed by atoms with van der Waals surface area (Å²) in [7, 11) is 0. The predicted octanol–water partition coefficient (Wildman–Crippen LogP) is 1.62. The van der Waals surface area contributed by atoms with Crippen LogP contribution in [-0.4, -0.2) is 24.6 Å². The number of hydrogen-bond acceptors (Lipinski definition) is 3. The number of ether oxygens (including phenoxy) is 1. The average molecular weight is 268 g/mol. The lowest BCUT2D eigenvalue weighted by Crippen LogP contribution is -2.36. The first-order chi connectivity index (χ1) is 8.92. The standard InChI is InChI=1S/C14H21FN2O2/c1-4-17-14(18)10(3)19-13-7-11(5-9(2)16)6-12(15)8-13/h6-10H,4-5,16H2,1-3H3,(H,17,18). The topological polar surface area (TPSA) is 64.3 Å². The zero-order chi connectivity index (χ0) is 14.4. The van der Waals surface area contributed by atoms with Crippen LogP contribution in [0.4, 0.5) is 4.39 Å². The Bertz CT molecular complexity index is 435. The Labute approximate surface area is 113 Å². The molecule has 0 saturated carbocycles. The van der Waals surface area contributed by atoms with Crippen LogP contribution in [0.25, 0.3) is 0 Å². The lowest BCUT2D eigenvalue weighted by atomic mass is 10.1. The van der Waals surface area contributed by atoms with Gasteiger partial charge < -0.3 is 15.8 Å². The van der Waals surface area contributed by atoms with Crippen molar-refractivity contribution in [3.63, 3.8) is 0 Å². The molecule has 0 aliphatic heterocycles. The third kappa shape index (κ3) is 5.26. The van der Waals surface area contributed by atoms with Crippen molar-refractivity contribution in [3.8, 4) is 5.75 Å². The minimum absolute atomic E-state index is 0.0598. The summed E-state index contributed by atoms with van der Waals surface area (Å²) >= 11 is 0. The summed E-state index contributed by atoms with van der Waals surface area (Å²) in [6.45, 7) is 5.84. The molecule has 5 heteroatoms. The molecule has 19 heavy (non-hydrogen) atoms. The van der Waals surface area contributed by atoms with Crippen molar-refractivity contribution in [2.24, 2.45) is 5.73 Å². The molecule has 4 nitrogen and oxygen atoms in total. The molecule has 1 amide bonds. The number of rotatable bonds is 6. The van der Waals surface area contributed by atoms with E-state index in [-0.39, 0.29) is 11.9 Å². The highest BCUT2D eigenvalue weighted by Crippen LogP contribution is 2.18. The molecule has 1 aromatic carbocycles. The lowest BCUT2D eigenvalue weighted by Gasteiger charge is -2.15. The number of carbonyl (C=O) groups excluding carboxylic acids is 1. The summed E-state index contributed by atoms with van der Waals surface area (Å²) in [5.74, 6) is -0.272. The Hall–Kier alpha value is -1.62. The van der Waals surface area contributed by atoms with Gasteiger partial charge in [-0.25, -0.2) is 4.39 Å². The van der Waals surface area contributed by atoms with E-state index in [0.29, 0.717) is 18.7 Å². The molecule has 0 aliphatic rings. The van der Waals surface area contributed by atoms with Crippen LogP contribution in [0.3, 0.4) is 0 Å². The fourth-order valence-electron chi connectivity index (χ4n) is 1.75. The molecule has 0 saturated heterocycles. The van der Waals surface area contributed by atoms with E-state index < -0.39 is 11.9 Å². The first-order valence-corrected chi connectivity index (χ1v) is 6.41. The van der Waals surface area contributed by atoms with Crippen molar-refractivity contribution in [1.82, 2.24) is 5.32 Å². The maximum atomic E-state index is 13.5. The van der Waals surface area contributed by atoms with Gasteiger partial charge in [0.1, 0.15) is 11.6 Å². The van der Waals surface area contributed by atoms with Gasteiger partial charge in [-0.2, -0.15) is 0 Å². The molecule has 0 aromatic heterocycles. The van der Waals surface area contributed by atoms with Crippen molar-refractivity contribution in [2.75, 3.05) is 6.54 Å². The normalized spacial score (nSPS) is 13.7. The molecular formula is C14H21FN2O2. The zero-order valence-corrected chi connectivity index (χ0v) is 11.6. The Kier molecular flexibility index (Phi) is 5.76. The van der Waals surface area contributed by atoms with Gasteiger partial charge >= 0.3 is 0 Å². The molecule has 106 valence electrons. The Morgan fingerprint density at radius 3 is 2.68 bits per heavy atom. The smallest absolute Gasteiger partial charge is 0.260 e. The molecule has 1 aromatic rings. The first kappa shape index (κ1) is 15.4. The summed E-state index contributed by atoms with van der Waals surface area (Å²) in [6.07, 6.45) is -0.103. The number of benzene rings is 1. The Morgan fingerprint density at radius 1 is 1.42 bits per heavy atom. The summed E-state index contributed by atoms with van der Waals surface area (Å²) in [6, 6.07) is 4.34. The number of halogens is 1. The van der Waals surface area contributed by atoms with Crippen LogP contribution in [0.1, 0.15) is 26.3 Å². The lowest BCUT2D eigenvalue weighted by molar-refractivity contribution is -0.127. The molecule has 2 unspecified atom stereocenters. The maximum absolute atomic E-state index is 13.5. The number of nitrogens with two attached hydrogens (primary N) is 1. The van der Waals surface area contributed by atoms with E-state index >= 15 is 0 Å². The number of amides is 1. The fraction of sp³-hybridized carbons (Fsp3) is 0.500. The van der Waals surface area contributed by atoms with Crippen LogP contribution in [0, 0.1) is 5.82 Å². The molecule has 0 fully saturated rings. The van der Waals surface area contributed by atoms with E-state index in [1.165, 1.54) is 12.1 Å². The summed E-state index contributed by atoms with van der Waals surface area (Å²) in [5.41, 5.74) is 6.44. The largest absolute Gasteiger partial charge is 0.481 e. The highest BCUT2D eigenvalue weighted by atomic mass is 19.1.